The van der Waals surface area contributed by atoms with Gasteiger partial charge in [0.05, 0.1) is 17.3 Å². The highest BCUT2D eigenvalue weighted by Crippen LogP contribution is 2.44. The molecule has 0 saturated carbocycles. The van der Waals surface area contributed by atoms with Crippen molar-refractivity contribution < 1.29 is 13.6 Å². The smallest absolute Gasteiger partial charge is 0.186 e. The molecule has 1 unspecified atom stereocenters. The molecule has 1 atom stereocenters. The van der Waals surface area contributed by atoms with E-state index in [1.165, 1.54) is 42.1 Å². The molecule has 0 bridgehead atoms. The van der Waals surface area contributed by atoms with E-state index in [0.29, 0.717) is 11.3 Å². The second kappa shape index (κ2) is 10.3. The second-order valence-corrected chi connectivity index (χ2v) is 9.22. The zero-order chi connectivity index (χ0) is 25.1. The van der Waals surface area contributed by atoms with Crippen molar-refractivity contribution in [2.45, 2.75) is 13.0 Å². The summed E-state index contributed by atoms with van der Waals surface area (Å²) in [6, 6.07) is 21.6. The maximum absolute atomic E-state index is 13.8. The number of benzene rings is 3. The van der Waals surface area contributed by atoms with Crippen LogP contribution in [0.4, 0.5) is 8.78 Å². The Balaban J connectivity index is 1.62. The molecule has 0 saturated heterocycles. The molecule has 2 aliphatic rings. The lowest BCUT2D eigenvalue weighted by Gasteiger charge is -2.35. The Kier molecular flexibility index (Phi) is 6.78. The molecule has 0 aromatic heterocycles. The van der Waals surface area contributed by atoms with Gasteiger partial charge < -0.3 is 4.90 Å². The summed E-state index contributed by atoms with van der Waals surface area (Å²) in [4.78, 5) is 20.7. The summed E-state index contributed by atoms with van der Waals surface area (Å²) in [7, 11) is 0. The molecule has 0 spiro atoms. The topological polar surface area (TPSA) is 32.7 Å². The number of hydrogen-bond donors (Lipinski definition) is 0. The van der Waals surface area contributed by atoms with Gasteiger partial charge in [-0.1, -0.05) is 78.5 Å². The number of fused-ring (bicyclic) bond motifs is 1. The Morgan fingerprint density at radius 2 is 1.47 bits per heavy atom. The van der Waals surface area contributed by atoms with Gasteiger partial charge in [-0.15, -0.1) is 0 Å². The highest BCUT2D eigenvalue weighted by atomic mass is 32.2. The van der Waals surface area contributed by atoms with Crippen LogP contribution in [0.15, 0.2) is 118 Å². The van der Waals surface area contributed by atoms with Gasteiger partial charge in [0.2, 0.25) is 0 Å². The number of thioether (sulfide) groups is 1. The Labute approximate surface area is 212 Å². The van der Waals surface area contributed by atoms with Crippen LogP contribution in [0.3, 0.4) is 0 Å². The minimum atomic E-state index is -0.372. The number of allylic oxidation sites excluding steroid dienone is 3. The predicted octanol–water partition coefficient (Wildman–Crippen LogP) is 7.54. The summed E-state index contributed by atoms with van der Waals surface area (Å²) >= 11 is 1.52. The molecule has 0 amide bonds. The summed E-state index contributed by atoms with van der Waals surface area (Å²) in [6.45, 7) is 2.00. The van der Waals surface area contributed by atoms with Crippen LogP contribution in [0.2, 0.25) is 0 Å². The van der Waals surface area contributed by atoms with Crippen molar-refractivity contribution >= 4 is 34.9 Å². The SMILES string of the molecule is CC1=CSC2=NC(/C=C/c3ccc(F)cc3)=C(C(=O)/C=C/c3ccc(F)cc3)C(c3ccccc3)N12. The van der Waals surface area contributed by atoms with Crippen molar-refractivity contribution in [1.29, 1.82) is 0 Å². The number of amidine groups is 1. The third-order valence-electron chi connectivity index (χ3n) is 5.93. The normalized spacial score (nSPS) is 17.5. The molecule has 2 aliphatic heterocycles. The maximum atomic E-state index is 13.8. The Bertz CT molecular complexity index is 1440. The largest absolute Gasteiger partial charge is 0.312 e. The lowest BCUT2D eigenvalue weighted by atomic mass is 9.90. The zero-order valence-electron chi connectivity index (χ0n) is 19.4. The van der Waals surface area contributed by atoms with E-state index in [1.54, 1.807) is 36.4 Å². The van der Waals surface area contributed by atoms with Gasteiger partial charge in [0.25, 0.3) is 0 Å². The molecular formula is C30H22F2N2OS. The minimum Gasteiger partial charge on any atom is -0.312 e. The molecule has 0 N–H and O–H groups in total. The second-order valence-electron chi connectivity index (χ2n) is 8.39. The van der Waals surface area contributed by atoms with E-state index >= 15 is 0 Å². The number of carbonyl (C=O) groups excluding carboxylic acids is 1. The van der Waals surface area contributed by atoms with Gasteiger partial charge in [-0.25, -0.2) is 13.8 Å². The van der Waals surface area contributed by atoms with Crippen molar-refractivity contribution in [1.82, 2.24) is 4.90 Å². The summed E-state index contributed by atoms with van der Waals surface area (Å²) in [5.41, 5.74) is 4.55. The standard InChI is InChI=1S/C30H22F2N2OS/c1-20-19-36-30-33-26(17-11-21-7-13-24(31)14-8-21)28(29(34(20)30)23-5-3-2-4-6-23)27(35)18-12-22-9-15-25(32)16-10-22/h2-19,29H,1H3/b17-11+,18-12+. The summed E-state index contributed by atoms with van der Waals surface area (Å²) in [5, 5.41) is 2.82. The fourth-order valence-corrected chi connectivity index (χ4v) is 5.06. The minimum absolute atomic E-state index is 0.195. The highest BCUT2D eigenvalue weighted by molar-refractivity contribution is 8.16. The van der Waals surface area contributed by atoms with Gasteiger partial charge in [0.1, 0.15) is 11.6 Å². The van der Waals surface area contributed by atoms with Crippen LogP contribution in [-0.4, -0.2) is 15.9 Å². The lowest BCUT2D eigenvalue weighted by Crippen LogP contribution is -2.35. The summed E-state index contributed by atoms with van der Waals surface area (Å²) in [5.74, 6) is -0.837. The summed E-state index contributed by atoms with van der Waals surface area (Å²) in [6.07, 6.45) is 6.82. The van der Waals surface area contributed by atoms with Crippen molar-refractivity contribution in [3.63, 3.8) is 0 Å². The van der Waals surface area contributed by atoms with E-state index in [9.17, 15) is 13.6 Å². The number of hydrogen-bond acceptors (Lipinski definition) is 4. The van der Waals surface area contributed by atoms with E-state index in [-0.39, 0.29) is 23.5 Å². The number of carbonyl (C=O) groups is 1. The van der Waals surface area contributed by atoms with E-state index in [1.807, 2.05) is 48.7 Å². The van der Waals surface area contributed by atoms with Crippen molar-refractivity contribution in [3.05, 3.63) is 142 Å². The van der Waals surface area contributed by atoms with E-state index in [4.69, 9.17) is 4.99 Å². The van der Waals surface area contributed by atoms with Crippen molar-refractivity contribution in [3.8, 4) is 0 Å². The monoisotopic (exact) mass is 496 g/mol. The zero-order valence-corrected chi connectivity index (χ0v) is 20.3. The number of ketones is 1. The number of rotatable bonds is 6. The molecule has 36 heavy (non-hydrogen) atoms. The quantitative estimate of drug-likeness (QED) is 0.331. The molecule has 0 aliphatic carbocycles. The molecule has 5 rings (SSSR count). The molecule has 3 aromatic rings. The first kappa shape index (κ1) is 23.7. The third kappa shape index (κ3) is 4.99. The Morgan fingerprint density at radius 3 is 2.11 bits per heavy atom. The molecule has 0 fully saturated rings. The average molecular weight is 497 g/mol. The maximum Gasteiger partial charge on any atom is 0.186 e. The van der Waals surface area contributed by atoms with Crippen LogP contribution in [-0.2, 0) is 4.79 Å². The van der Waals surface area contributed by atoms with Gasteiger partial charge in [-0.2, -0.15) is 0 Å². The van der Waals surface area contributed by atoms with Crippen LogP contribution >= 0.6 is 11.8 Å². The first-order valence-electron chi connectivity index (χ1n) is 11.4. The van der Waals surface area contributed by atoms with Gasteiger partial charge in [-0.3, -0.25) is 4.79 Å². The van der Waals surface area contributed by atoms with Gasteiger partial charge in [-0.05, 0) is 65.4 Å². The molecular weight excluding hydrogens is 474 g/mol. The van der Waals surface area contributed by atoms with Crippen LogP contribution < -0.4 is 0 Å². The molecule has 3 aromatic carbocycles. The Morgan fingerprint density at radius 1 is 0.861 bits per heavy atom. The van der Waals surface area contributed by atoms with Crippen molar-refractivity contribution in [2.24, 2.45) is 4.99 Å². The van der Waals surface area contributed by atoms with Gasteiger partial charge in [0, 0.05) is 5.70 Å². The Hall–Kier alpha value is -4.03. The molecule has 3 nitrogen and oxygen atoms in total. The lowest BCUT2D eigenvalue weighted by molar-refractivity contribution is -0.111. The number of nitrogens with zero attached hydrogens (tertiary/aromatic N) is 2. The third-order valence-corrected chi connectivity index (χ3v) is 6.88. The first-order valence-corrected chi connectivity index (χ1v) is 12.3. The van der Waals surface area contributed by atoms with Crippen LogP contribution in [0.5, 0.6) is 0 Å². The first-order chi connectivity index (χ1) is 17.5. The fourth-order valence-electron chi connectivity index (χ4n) is 4.15. The molecule has 6 heteroatoms. The van der Waals surface area contributed by atoms with Crippen LogP contribution in [0.1, 0.15) is 29.7 Å². The molecule has 178 valence electrons. The number of halogens is 2. The van der Waals surface area contributed by atoms with E-state index in [2.05, 4.69) is 4.90 Å². The van der Waals surface area contributed by atoms with Crippen LogP contribution in [0, 0.1) is 11.6 Å². The predicted molar refractivity (Wildman–Crippen MR) is 143 cm³/mol. The summed E-state index contributed by atoms with van der Waals surface area (Å²) < 4.78 is 26.7. The number of aliphatic imine (C=N–C) groups is 1. The van der Waals surface area contributed by atoms with Crippen molar-refractivity contribution in [2.75, 3.05) is 0 Å². The molecule has 2 heterocycles. The fraction of sp³-hybridized carbons (Fsp3) is 0.0667. The van der Waals surface area contributed by atoms with E-state index in [0.717, 1.165) is 27.6 Å². The van der Waals surface area contributed by atoms with E-state index < -0.39 is 0 Å². The van der Waals surface area contributed by atoms with Crippen LogP contribution in [0.25, 0.3) is 12.2 Å². The van der Waals surface area contributed by atoms with Gasteiger partial charge >= 0.3 is 0 Å². The van der Waals surface area contributed by atoms with Gasteiger partial charge in [0.15, 0.2) is 11.0 Å². The highest BCUT2D eigenvalue weighted by Gasteiger charge is 2.38. The average Bonchev–Trinajstić information content (AvgIpc) is 3.27. The molecule has 0 radical (unpaired) electrons.